The molecule has 9 heteroatoms. The zero-order valence-electron chi connectivity index (χ0n) is 23.3. The predicted molar refractivity (Wildman–Crippen MR) is 149 cm³/mol. The summed E-state index contributed by atoms with van der Waals surface area (Å²) in [7, 11) is 0. The number of fused-ring (bicyclic) bond motifs is 1. The summed E-state index contributed by atoms with van der Waals surface area (Å²) in [4.78, 5) is 54.3. The summed E-state index contributed by atoms with van der Waals surface area (Å²) < 4.78 is 5.42. The first-order valence-corrected chi connectivity index (χ1v) is 14.0. The van der Waals surface area contributed by atoms with E-state index in [1.165, 1.54) is 4.90 Å². The number of piperidine rings is 1. The van der Waals surface area contributed by atoms with Crippen LogP contribution in [0.25, 0.3) is 0 Å². The highest BCUT2D eigenvalue weighted by Gasteiger charge is 2.51. The normalized spacial score (nSPS) is 20.3. The molecule has 2 aliphatic heterocycles. The number of hydrogen-bond donors (Lipinski definition) is 2. The summed E-state index contributed by atoms with van der Waals surface area (Å²) in [6.07, 6.45) is 2.81. The fraction of sp³-hybridized carbons (Fsp3) is 0.484. The monoisotopic (exact) mass is 547 g/mol. The Hall–Kier alpha value is -3.88. The Balaban J connectivity index is 1.29. The smallest absolute Gasteiger partial charge is 0.407 e. The van der Waals surface area contributed by atoms with Crippen LogP contribution in [0.2, 0.25) is 0 Å². The molecule has 1 saturated heterocycles. The molecule has 40 heavy (non-hydrogen) atoms. The maximum atomic E-state index is 13.8. The van der Waals surface area contributed by atoms with E-state index >= 15 is 0 Å². The summed E-state index contributed by atoms with van der Waals surface area (Å²) in [5.41, 5.74) is 2.21. The molecule has 3 amide bonds. The van der Waals surface area contributed by atoms with Gasteiger partial charge < -0.3 is 25.0 Å². The molecule has 2 N–H and O–H groups in total. The molecule has 2 heterocycles. The third-order valence-corrected chi connectivity index (χ3v) is 8.40. The number of likely N-dealkylation sites (tertiary alicyclic amines) is 1. The average molecular weight is 548 g/mol. The molecular weight excluding hydrogens is 510 g/mol. The highest BCUT2D eigenvalue weighted by atomic mass is 16.6. The van der Waals surface area contributed by atoms with Gasteiger partial charge in [-0.15, -0.1) is 0 Å². The van der Waals surface area contributed by atoms with Crippen LogP contribution in [0, 0.1) is 11.3 Å². The SMILES string of the molecule is CC(C)(C)OC(=O)c1ccc(NC(=O)C2c3ccccc3CCN2C(=O)C2CC3(CCN(C(=O)O)CC3)C2)cc1. The number of ether oxygens (including phenoxy) is 1. The number of amides is 3. The minimum Gasteiger partial charge on any atom is -0.465 e. The lowest BCUT2D eigenvalue weighted by atomic mass is 9.57. The molecule has 0 bridgehead atoms. The van der Waals surface area contributed by atoms with E-state index in [1.807, 2.05) is 24.3 Å². The van der Waals surface area contributed by atoms with Gasteiger partial charge in [-0.25, -0.2) is 9.59 Å². The van der Waals surface area contributed by atoms with E-state index in [9.17, 15) is 24.3 Å². The van der Waals surface area contributed by atoms with E-state index in [4.69, 9.17) is 4.74 Å². The molecule has 1 atom stereocenters. The molecule has 1 unspecified atom stereocenters. The fourth-order valence-corrected chi connectivity index (χ4v) is 6.30. The fourth-order valence-electron chi connectivity index (χ4n) is 6.30. The number of benzene rings is 2. The molecule has 0 radical (unpaired) electrons. The summed E-state index contributed by atoms with van der Waals surface area (Å²) in [6, 6.07) is 13.5. The molecule has 9 nitrogen and oxygen atoms in total. The lowest BCUT2D eigenvalue weighted by Crippen LogP contribution is -2.54. The van der Waals surface area contributed by atoms with Crippen LogP contribution in [0.3, 0.4) is 0 Å². The van der Waals surface area contributed by atoms with Gasteiger partial charge in [-0.3, -0.25) is 9.59 Å². The summed E-state index contributed by atoms with van der Waals surface area (Å²) in [6.45, 7) is 6.89. The Kier molecular flexibility index (Phi) is 7.33. The third-order valence-electron chi connectivity index (χ3n) is 8.40. The van der Waals surface area contributed by atoms with Gasteiger partial charge in [-0.1, -0.05) is 24.3 Å². The Morgan fingerprint density at radius 3 is 2.23 bits per heavy atom. The van der Waals surface area contributed by atoms with Gasteiger partial charge in [-0.2, -0.15) is 0 Å². The molecular formula is C31H37N3O6. The van der Waals surface area contributed by atoms with Crippen LogP contribution in [0.1, 0.15) is 74.0 Å². The first kappa shape index (κ1) is 27.7. The van der Waals surface area contributed by atoms with Gasteiger partial charge in [0.25, 0.3) is 5.91 Å². The first-order valence-electron chi connectivity index (χ1n) is 14.0. The van der Waals surface area contributed by atoms with Crippen molar-refractivity contribution in [1.29, 1.82) is 0 Å². The van der Waals surface area contributed by atoms with Crippen LogP contribution in [0.15, 0.2) is 48.5 Å². The lowest BCUT2D eigenvalue weighted by molar-refractivity contribution is -0.151. The van der Waals surface area contributed by atoms with Crippen LogP contribution in [0.5, 0.6) is 0 Å². The number of nitrogens with zero attached hydrogens (tertiary/aromatic N) is 2. The van der Waals surface area contributed by atoms with Crippen molar-refractivity contribution in [3.05, 3.63) is 65.2 Å². The van der Waals surface area contributed by atoms with Crippen LogP contribution >= 0.6 is 0 Å². The second kappa shape index (κ2) is 10.6. The van der Waals surface area contributed by atoms with Crippen molar-refractivity contribution < 1.29 is 29.0 Å². The van der Waals surface area contributed by atoms with E-state index in [0.717, 1.165) is 36.8 Å². The van der Waals surface area contributed by atoms with E-state index in [-0.39, 0.29) is 23.1 Å². The molecule has 3 aliphatic rings. The second-order valence-electron chi connectivity index (χ2n) is 12.3. The van der Waals surface area contributed by atoms with Crippen molar-refractivity contribution in [3.63, 3.8) is 0 Å². The molecule has 2 fully saturated rings. The number of carboxylic acid groups (broad SMARTS) is 1. The predicted octanol–water partition coefficient (Wildman–Crippen LogP) is 4.88. The lowest BCUT2D eigenvalue weighted by Gasteiger charge is -2.52. The van der Waals surface area contributed by atoms with Gasteiger partial charge in [-0.05, 0) is 93.7 Å². The highest BCUT2D eigenvalue weighted by molar-refractivity contribution is 5.99. The van der Waals surface area contributed by atoms with Crippen molar-refractivity contribution in [2.75, 3.05) is 25.0 Å². The van der Waals surface area contributed by atoms with Crippen molar-refractivity contribution in [2.45, 2.75) is 64.5 Å². The minimum absolute atomic E-state index is 0.0128. The zero-order valence-corrected chi connectivity index (χ0v) is 23.3. The number of rotatable bonds is 4. The second-order valence-corrected chi connectivity index (χ2v) is 12.3. The summed E-state index contributed by atoms with van der Waals surface area (Å²) in [5.74, 6) is -0.907. The third kappa shape index (κ3) is 5.69. The maximum Gasteiger partial charge on any atom is 0.407 e. The van der Waals surface area contributed by atoms with Crippen LogP contribution in [-0.4, -0.2) is 64.0 Å². The van der Waals surface area contributed by atoms with Crippen molar-refractivity contribution in [1.82, 2.24) is 9.80 Å². The summed E-state index contributed by atoms with van der Waals surface area (Å²) in [5, 5.41) is 12.2. The Labute approximate surface area is 234 Å². The Bertz CT molecular complexity index is 1300. The average Bonchev–Trinajstić information content (AvgIpc) is 2.90. The molecule has 2 aromatic rings. The maximum absolute atomic E-state index is 13.8. The number of anilines is 1. The van der Waals surface area contributed by atoms with E-state index in [0.29, 0.717) is 37.3 Å². The zero-order chi connectivity index (χ0) is 28.7. The van der Waals surface area contributed by atoms with Gasteiger partial charge in [0.05, 0.1) is 5.56 Å². The molecule has 1 saturated carbocycles. The summed E-state index contributed by atoms with van der Waals surface area (Å²) >= 11 is 0. The number of carbonyl (C=O) groups excluding carboxylic acids is 3. The van der Waals surface area contributed by atoms with Crippen molar-refractivity contribution >= 4 is 29.6 Å². The number of esters is 1. The largest absolute Gasteiger partial charge is 0.465 e. The standard InChI is InChI=1S/C31H37N3O6/c1-30(2,3)40-28(37)21-8-10-23(11-9-21)32-26(35)25-24-7-5-4-6-20(24)12-15-34(25)27(36)22-18-31(19-22)13-16-33(17-14-31)29(38)39/h4-11,22,25H,12-19H2,1-3H3,(H,32,35)(H,38,39). The number of hydrogen-bond acceptors (Lipinski definition) is 5. The van der Waals surface area contributed by atoms with Crippen molar-refractivity contribution in [2.24, 2.45) is 11.3 Å². The van der Waals surface area contributed by atoms with Crippen LogP contribution in [0.4, 0.5) is 10.5 Å². The molecule has 5 rings (SSSR count). The number of nitrogens with one attached hydrogen (secondary N) is 1. The van der Waals surface area contributed by atoms with E-state index in [2.05, 4.69) is 5.32 Å². The van der Waals surface area contributed by atoms with Gasteiger partial charge in [0.15, 0.2) is 0 Å². The highest BCUT2D eigenvalue weighted by Crippen LogP contribution is 2.53. The minimum atomic E-state index is -0.887. The van der Waals surface area contributed by atoms with Gasteiger partial charge in [0.2, 0.25) is 5.91 Å². The topological polar surface area (TPSA) is 116 Å². The number of carbonyl (C=O) groups is 4. The molecule has 1 spiro atoms. The molecule has 0 aromatic heterocycles. The van der Waals surface area contributed by atoms with E-state index in [1.54, 1.807) is 49.9 Å². The van der Waals surface area contributed by atoms with Crippen LogP contribution in [-0.2, 0) is 20.7 Å². The molecule has 212 valence electrons. The van der Waals surface area contributed by atoms with Crippen molar-refractivity contribution in [3.8, 4) is 0 Å². The van der Waals surface area contributed by atoms with Gasteiger partial charge in [0, 0.05) is 31.2 Å². The Morgan fingerprint density at radius 2 is 1.60 bits per heavy atom. The van der Waals surface area contributed by atoms with Gasteiger partial charge in [0.1, 0.15) is 11.6 Å². The molecule has 2 aromatic carbocycles. The molecule has 1 aliphatic carbocycles. The van der Waals surface area contributed by atoms with E-state index < -0.39 is 23.7 Å². The first-order chi connectivity index (χ1) is 18.9. The van der Waals surface area contributed by atoms with Gasteiger partial charge >= 0.3 is 12.1 Å². The quantitative estimate of drug-likeness (QED) is 0.528. The van der Waals surface area contributed by atoms with Crippen LogP contribution < -0.4 is 5.32 Å². The Morgan fingerprint density at radius 1 is 0.950 bits per heavy atom.